The molecule has 3 unspecified atom stereocenters. The lowest BCUT2D eigenvalue weighted by molar-refractivity contribution is 0.466. The third-order valence-electron chi connectivity index (χ3n) is 3.81. The van der Waals surface area contributed by atoms with E-state index < -0.39 is 0 Å². The molecule has 0 N–H and O–H groups in total. The zero-order valence-electron chi connectivity index (χ0n) is 9.68. The van der Waals surface area contributed by atoms with Crippen LogP contribution < -0.4 is 0 Å². The van der Waals surface area contributed by atoms with E-state index in [0.29, 0.717) is 0 Å². The normalized spacial score (nSPS) is 28.8. The topological polar surface area (TPSA) is 0 Å². The standard InChI is InChI=1S/C13H26/c1-4-11(3)8-6-7-9-13-10-12(13)5-2/h11-13H,4-10H2,1-3H3. The second-order valence-electron chi connectivity index (χ2n) is 4.96. The van der Waals surface area contributed by atoms with Crippen LogP contribution in [0.1, 0.15) is 65.7 Å². The van der Waals surface area contributed by atoms with Gasteiger partial charge in [0.2, 0.25) is 0 Å². The summed E-state index contributed by atoms with van der Waals surface area (Å²) in [6, 6.07) is 0. The Morgan fingerprint density at radius 2 is 1.92 bits per heavy atom. The molecule has 0 spiro atoms. The Morgan fingerprint density at radius 1 is 1.15 bits per heavy atom. The molecule has 0 aromatic heterocycles. The van der Waals surface area contributed by atoms with E-state index in [2.05, 4.69) is 20.8 Å². The molecule has 0 nitrogen and oxygen atoms in total. The first kappa shape index (κ1) is 11.1. The minimum atomic E-state index is 0.959. The Labute approximate surface area is 84.1 Å². The van der Waals surface area contributed by atoms with Gasteiger partial charge in [-0.2, -0.15) is 0 Å². The van der Waals surface area contributed by atoms with Gasteiger partial charge in [-0.3, -0.25) is 0 Å². The third kappa shape index (κ3) is 4.15. The fourth-order valence-electron chi connectivity index (χ4n) is 2.27. The molecule has 0 aromatic rings. The Morgan fingerprint density at radius 3 is 2.46 bits per heavy atom. The van der Waals surface area contributed by atoms with E-state index in [0.717, 1.165) is 17.8 Å². The number of hydrogen-bond donors (Lipinski definition) is 0. The molecule has 0 aliphatic heterocycles. The average Bonchev–Trinajstić information content (AvgIpc) is 2.90. The summed E-state index contributed by atoms with van der Waals surface area (Å²) in [7, 11) is 0. The molecule has 1 saturated carbocycles. The van der Waals surface area contributed by atoms with Crippen molar-refractivity contribution in [1.82, 2.24) is 0 Å². The van der Waals surface area contributed by atoms with Gasteiger partial charge in [0.25, 0.3) is 0 Å². The Hall–Kier alpha value is 0. The first-order chi connectivity index (χ1) is 6.27. The van der Waals surface area contributed by atoms with Crippen LogP contribution in [-0.4, -0.2) is 0 Å². The molecular formula is C13H26. The molecular weight excluding hydrogens is 156 g/mol. The minimum absolute atomic E-state index is 0.959. The van der Waals surface area contributed by atoms with E-state index in [-0.39, 0.29) is 0 Å². The highest BCUT2D eigenvalue weighted by Crippen LogP contribution is 2.44. The summed E-state index contributed by atoms with van der Waals surface area (Å²) in [5, 5.41) is 0. The summed E-state index contributed by atoms with van der Waals surface area (Å²) in [6.07, 6.45) is 10.3. The molecule has 0 heteroatoms. The summed E-state index contributed by atoms with van der Waals surface area (Å²) in [4.78, 5) is 0. The highest BCUT2D eigenvalue weighted by atomic mass is 14.4. The molecule has 0 bridgehead atoms. The lowest BCUT2D eigenvalue weighted by atomic mass is 10.00. The van der Waals surface area contributed by atoms with Gasteiger partial charge in [0.1, 0.15) is 0 Å². The fourth-order valence-corrected chi connectivity index (χ4v) is 2.27. The largest absolute Gasteiger partial charge is 0.0651 e. The molecule has 0 heterocycles. The molecule has 1 aliphatic carbocycles. The minimum Gasteiger partial charge on any atom is -0.0651 e. The molecule has 1 fully saturated rings. The van der Waals surface area contributed by atoms with E-state index >= 15 is 0 Å². The lowest BCUT2D eigenvalue weighted by Crippen LogP contribution is -1.92. The molecule has 0 saturated heterocycles. The molecule has 0 radical (unpaired) electrons. The predicted molar refractivity (Wildman–Crippen MR) is 59.8 cm³/mol. The van der Waals surface area contributed by atoms with E-state index in [4.69, 9.17) is 0 Å². The average molecular weight is 182 g/mol. The van der Waals surface area contributed by atoms with Crippen LogP contribution in [0.2, 0.25) is 0 Å². The van der Waals surface area contributed by atoms with Gasteiger partial charge in [-0.15, -0.1) is 0 Å². The van der Waals surface area contributed by atoms with Crippen LogP contribution in [0.3, 0.4) is 0 Å². The summed E-state index contributed by atoms with van der Waals surface area (Å²) in [5.41, 5.74) is 0. The van der Waals surface area contributed by atoms with Gasteiger partial charge in [0.15, 0.2) is 0 Å². The van der Waals surface area contributed by atoms with Crippen molar-refractivity contribution >= 4 is 0 Å². The SMILES string of the molecule is CCC(C)CCCCC1CC1CC. The fraction of sp³-hybridized carbons (Fsp3) is 1.00. The van der Waals surface area contributed by atoms with E-state index in [1.54, 1.807) is 6.42 Å². The van der Waals surface area contributed by atoms with Crippen molar-refractivity contribution in [3.63, 3.8) is 0 Å². The summed E-state index contributed by atoms with van der Waals surface area (Å²) in [6.45, 7) is 7.02. The monoisotopic (exact) mass is 182 g/mol. The maximum absolute atomic E-state index is 2.38. The number of unbranched alkanes of at least 4 members (excludes halogenated alkanes) is 1. The molecule has 0 aromatic carbocycles. The summed E-state index contributed by atoms with van der Waals surface area (Å²) >= 11 is 0. The van der Waals surface area contributed by atoms with Gasteiger partial charge in [0, 0.05) is 0 Å². The van der Waals surface area contributed by atoms with E-state index in [9.17, 15) is 0 Å². The van der Waals surface area contributed by atoms with Gasteiger partial charge in [-0.1, -0.05) is 59.3 Å². The first-order valence-corrected chi connectivity index (χ1v) is 6.27. The van der Waals surface area contributed by atoms with Crippen LogP contribution in [0.4, 0.5) is 0 Å². The van der Waals surface area contributed by atoms with Gasteiger partial charge in [0.05, 0.1) is 0 Å². The Kier molecular flexibility index (Phi) is 4.83. The second-order valence-corrected chi connectivity index (χ2v) is 4.96. The van der Waals surface area contributed by atoms with Gasteiger partial charge in [-0.25, -0.2) is 0 Å². The first-order valence-electron chi connectivity index (χ1n) is 6.27. The summed E-state index contributed by atoms with van der Waals surface area (Å²) < 4.78 is 0. The maximum atomic E-state index is 2.38. The van der Waals surface area contributed by atoms with Crippen molar-refractivity contribution < 1.29 is 0 Å². The molecule has 3 atom stereocenters. The second kappa shape index (κ2) is 5.67. The highest BCUT2D eigenvalue weighted by molar-refractivity contribution is 4.84. The third-order valence-corrected chi connectivity index (χ3v) is 3.81. The van der Waals surface area contributed by atoms with E-state index in [1.807, 2.05) is 0 Å². The summed E-state index contributed by atoms with van der Waals surface area (Å²) in [5.74, 6) is 3.20. The van der Waals surface area contributed by atoms with Crippen molar-refractivity contribution in [3.05, 3.63) is 0 Å². The van der Waals surface area contributed by atoms with Crippen LogP contribution in [0.15, 0.2) is 0 Å². The van der Waals surface area contributed by atoms with Crippen molar-refractivity contribution in [2.24, 2.45) is 17.8 Å². The number of hydrogen-bond acceptors (Lipinski definition) is 0. The van der Waals surface area contributed by atoms with Crippen LogP contribution >= 0.6 is 0 Å². The van der Waals surface area contributed by atoms with E-state index in [1.165, 1.54) is 38.5 Å². The van der Waals surface area contributed by atoms with Crippen LogP contribution in [-0.2, 0) is 0 Å². The molecule has 0 amide bonds. The van der Waals surface area contributed by atoms with Crippen LogP contribution in [0.25, 0.3) is 0 Å². The molecule has 78 valence electrons. The van der Waals surface area contributed by atoms with Gasteiger partial charge < -0.3 is 0 Å². The predicted octanol–water partition coefficient (Wildman–Crippen LogP) is 4.64. The van der Waals surface area contributed by atoms with Crippen LogP contribution in [0.5, 0.6) is 0 Å². The van der Waals surface area contributed by atoms with Crippen molar-refractivity contribution in [2.75, 3.05) is 0 Å². The number of rotatable bonds is 7. The van der Waals surface area contributed by atoms with Crippen LogP contribution in [0, 0.1) is 17.8 Å². The van der Waals surface area contributed by atoms with Gasteiger partial charge in [-0.05, 0) is 24.2 Å². The molecule has 13 heavy (non-hydrogen) atoms. The Bertz CT molecular complexity index is 128. The zero-order chi connectivity index (χ0) is 9.68. The van der Waals surface area contributed by atoms with Gasteiger partial charge >= 0.3 is 0 Å². The Balaban J connectivity index is 1.85. The van der Waals surface area contributed by atoms with Crippen molar-refractivity contribution in [3.8, 4) is 0 Å². The molecule has 1 rings (SSSR count). The zero-order valence-corrected chi connectivity index (χ0v) is 9.68. The van der Waals surface area contributed by atoms with Crippen molar-refractivity contribution in [2.45, 2.75) is 65.7 Å². The van der Waals surface area contributed by atoms with Crippen molar-refractivity contribution in [1.29, 1.82) is 0 Å². The highest BCUT2D eigenvalue weighted by Gasteiger charge is 2.33. The quantitative estimate of drug-likeness (QED) is 0.503. The smallest absolute Gasteiger partial charge is 0.0383 e. The maximum Gasteiger partial charge on any atom is -0.0383 e. The molecule has 1 aliphatic rings. The lowest BCUT2D eigenvalue weighted by Gasteiger charge is -2.07.